The first kappa shape index (κ1) is 20.4. The third-order valence-corrected chi connectivity index (χ3v) is 4.49. The molecule has 0 aromatic heterocycles. The highest BCUT2D eigenvalue weighted by molar-refractivity contribution is 6.03. The largest absolute Gasteiger partial charge is 0.465 e. The first-order valence-corrected chi connectivity index (χ1v) is 9.20. The van der Waals surface area contributed by atoms with Gasteiger partial charge in [0.15, 0.2) is 0 Å². The van der Waals surface area contributed by atoms with E-state index < -0.39 is 11.4 Å². The summed E-state index contributed by atoms with van der Waals surface area (Å²) in [5, 5.41) is 0. The Hall–Kier alpha value is -2.94. The van der Waals surface area contributed by atoms with Gasteiger partial charge in [0, 0.05) is 0 Å². The maximum Gasteiger partial charge on any atom is 0.320 e. The van der Waals surface area contributed by atoms with Crippen molar-refractivity contribution >= 4 is 23.9 Å². The van der Waals surface area contributed by atoms with Gasteiger partial charge in [-0.3, -0.25) is 9.59 Å². The van der Waals surface area contributed by atoms with Crippen LogP contribution in [0.1, 0.15) is 37.8 Å². The van der Waals surface area contributed by atoms with E-state index in [1.54, 1.807) is 6.92 Å². The number of benzene rings is 2. The minimum Gasteiger partial charge on any atom is -0.465 e. The molecule has 140 valence electrons. The third-order valence-electron chi connectivity index (χ3n) is 4.49. The molecule has 0 spiro atoms. The molecule has 0 bridgehead atoms. The van der Waals surface area contributed by atoms with Crippen LogP contribution in [0.2, 0.25) is 0 Å². The monoisotopic (exact) mass is 362 g/mol. The van der Waals surface area contributed by atoms with Gasteiger partial charge in [0.2, 0.25) is 0 Å². The van der Waals surface area contributed by atoms with Crippen LogP contribution in [-0.2, 0) is 14.3 Å². The zero-order valence-corrected chi connectivity index (χ0v) is 15.9. The normalized spacial score (nSPS) is 11.8. The lowest BCUT2D eigenvalue weighted by Crippen LogP contribution is -2.38. The zero-order chi connectivity index (χ0) is 19.5. The number of hydrogen-bond acceptors (Lipinski definition) is 3. The molecule has 27 heavy (non-hydrogen) atoms. The molecule has 0 aliphatic carbocycles. The fraction of sp³-hybridized carbons (Fsp3) is 0.250. The van der Waals surface area contributed by atoms with Gasteiger partial charge in [-0.05, 0) is 37.8 Å². The van der Waals surface area contributed by atoms with E-state index in [1.807, 2.05) is 85.0 Å². The van der Waals surface area contributed by atoms with Crippen LogP contribution in [0.5, 0.6) is 0 Å². The molecule has 3 heteroatoms. The zero-order valence-electron chi connectivity index (χ0n) is 15.9. The number of ketones is 1. The predicted octanol–water partition coefficient (Wildman–Crippen LogP) is 5.33. The molecule has 0 amide bonds. The van der Waals surface area contributed by atoms with Gasteiger partial charge in [-0.2, -0.15) is 0 Å². The number of carbonyl (C=O) groups is 2. The molecule has 0 unspecified atom stereocenters. The quantitative estimate of drug-likeness (QED) is 0.447. The van der Waals surface area contributed by atoms with Crippen molar-refractivity contribution < 1.29 is 14.3 Å². The van der Waals surface area contributed by atoms with Crippen LogP contribution >= 0.6 is 0 Å². The molecule has 2 aromatic carbocycles. The standard InChI is InChI=1S/C24H26O3/c1-3-27-23(26)24(20(2)25,18-10-16-21-12-6-4-7-13-21)19-11-17-22-14-8-5-9-15-22/h4-17H,3,18-19H2,1-2H3/b16-10+,17-11+. The van der Waals surface area contributed by atoms with Gasteiger partial charge in [-0.15, -0.1) is 0 Å². The van der Waals surface area contributed by atoms with Crippen molar-refractivity contribution in [2.24, 2.45) is 5.41 Å². The van der Waals surface area contributed by atoms with Crippen molar-refractivity contribution in [2.75, 3.05) is 6.61 Å². The van der Waals surface area contributed by atoms with Crippen molar-refractivity contribution in [1.29, 1.82) is 0 Å². The van der Waals surface area contributed by atoms with E-state index >= 15 is 0 Å². The molecule has 0 fully saturated rings. The van der Waals surface area contributed by atoms with E-state index in [-0.39, 0.29) is 12.4 Å². The maximum absolute atomic E-state index is 12.7. The SMILES string of the molecule is CCOC(=O)C(C/C=C/c1ccccc1)(C/C=C/c1ccccc1)C(C)=O. The van der Waals surface area contributed by atoms with Crippen molar-refractivity contribution in [3.63, 3.8) is 0 Å². The molecule has 0 atom stereocenters. The van der Waals surface area contributed by atoms with E-state index in [0.29, 0.717) is 12.8 Å². The van der Waals surface area contributed by atoms with Crippen molar-refractivity contribution in [1.82, 2.24) is 0 Å². The number of Topliss-reactive ketones (excluding diaryl/α,β-unsaturated/α-hetero) is 1. The molecule has 0 heterocycles. The minimum atomic E-state index is -1.20. The van der Waals surface area contributed by atoms with E-state index in [4.69, 9.17) is 4.74 Å². The van der Waals surface area contributed by atoms with E-state index in [0.717, 1.165) is 11.1 Å². The first-order chi connectivity index (χ1) is 13.1. The summed E-state index contributed by atoms with van der Waals surface area (Å²) in [5.74, 6) is -0.649. The Kier molecular flexibility index (Phi) is 7.75. The van der Waals surface area contributed by atoms with Crippen LogP contribution in [-0.4, -0.2) is 18.4 Å². The summed E-state index contributed by atoms with van der Waals surface area (Å²) < 4.78 is 5.25. The Balaban J connectivity index is 2.23. The number of esters is 1. The lowest BCUT2D eigenvalue weighted by Gasteiger charge is -2.26. The number of rotatable bonds is 9. The van der Waals surface area contributed by atoms with E-state index in [9.17, 15) is 9.59 Å². The van der Waals surface area contributed by atoms with Crippen molar-refractivity contribution in [3.05, 3.63) is 83.9 Å². The van der Waals surface area contributed by atoms with Crippen LogP contribution in [0.4, 0.5) is 0 Å². The molecule has 0 N–H and O–H groups in total. The van der Waals surface area contributed by atoms with E-state index in [2.05, 4.69) is 0 Å². The lowest BCUT2D eigenvalue weighted by atomic mass is 9.77. The maximum atomic E-state index is 12.7. The Morgan fingerprint density at radius 2 is 1.30 bits per heavy atom. The van der Waals surface area contributed by atoms with Gasteiger partial charge in [0.1, 0.15) is 11.2 Å². The Bertz CT molecular complexity index is 737. The minimum absolute atomic E-state index is 0.184. The molecule has 0 saturated carbocycles. The molecule has 0 aliphatic heterocycles. The third kappa shape index (κ3) is 5.78. The second-order valence-electron chi connectivity index (χ2n) is 6.39. The molecule has 0 aliphatic rings. The van der Waals surface area contributed by atoms with Crippen LogP contribution in [0, 0.1) is 5.41 Å². The van der Waals surface area contributed by atoms with Crippen LogP contribution in [0.3, 0.4) is 0 Å². The molecular formula is C24H26O3. The topological polar surface area (TPSA) is 43.4 Å². The van der Waals surface area contributed by atoms with Crippen LogP contribution in [0.15, 0.2) is 72.8 Å². The molecule has 0 radical (unpaired) electrons. The Morgan fingerprint density at radius 3 is 1.67 bits per heavy atom. The smallest absolute Gasteiger partial charge is 0.320 e. The van der Waals surface area contributed by atoms with Crippen molar-refractivity contribution in [2.45, 2.75) is 26.7 Å². The molecule has 2 aromatic rings. The predicted molar refractivity (Wildman–Crippen MR) is 110 cm³/mol. The van der Waals surface area contributed by atoms with Gasteiger partial charge >= 0.3 is 5.97 Å². The van der Waals surface area contributed by atoms with Gasteiger partial charge in [-0.1, -0.05) is 85.0 Å². The molecular weight excluding hydrogens is 336 g/mol. The second kappa shape index (κ2) is 10.3. The van der Waals surface area contributed by atoms with Gasteiger partial charge in [0.25, 0.3) is 0 Å². The average molecular weight is 362 g/mol. The molecule has 2 rings (SSSR count). The fourth-order valence-corrected chi connectivity index (χ4v) is 2.87. The number of ether oxygens (including phenoxy) is 1. The fourth-order valence-electron chi connectivity index (χ4n) is 2.87. The number of allylic oxidation sites excluding steroid dienone is 2. The van der Waals surface area contributed by atoms with Crippen molar-refractivity contribution in [3.8, 4) is 0 Å². The molecule has 0 saturated heterocycles. The summed E-state index contributed by atoms with van der Waals surface area (Å²) in [6.45, 7) is 3.46. The van der Waals surface area contributed by atoms with Gasteiger partial charge in [0.05, 0.1) is 6.61 Å². The summed E-state index contributed by atoms with van der Waals surface area (Å²) in [5.41, 5.74) is 0.851. The highest BCUT2D eigenvalue weighted by atomic mass is 16.5. The van der Waals surface area contributed by atoms with Crippen LogP contribution in [0.25, 0.3) is 12.2 Å². The average Bonchev–Trinajstić information content (AvgIpc) is 2.68. The number of carbonyl (C=O) groups excluding carboxylic acids is 2. The van der Waals surface area contributed by atoms with E-state index in [1.165, 1.54) is 6.92 Å². The Morgan fingerprint density at radius 1 is 0.852 bits per heavy atom. The summed E-state index contributed by atoms with van der Waals surface area (Å²) in [6, 6.07) is 19.6. The Labute approximate surface area is 161 Å². The summed E-state index contributed by atoms with van der Waals surface area (Å²) in [6.07, 6.45) is 8.22. The highest BCUT2D eigenvalue weighted by Gasteiger charge is 2.42. The lowest BCUT2D eigenvalue weighted by molar-refractivity contribution is -0.159. The summed E-state index contributed by atoms with van der Waals surface area (Å²) in [4.78, 5) is 25.2. The van der Waals surface area contributed by atoms with Crippen LogP contribution < -0.4 is 0 Å². The highest BCUT2D eigenvalue weighted by Crippen LogP contribution is 2.32. The van der Waals surface area contributed by atoms with Gasteiger partial charge < -0.3 is 4.74 Å². The number of hydrogen-bond donors (Lipinski definition) is 0. The summed E-state index contributed by atoms with van der Waals surface area (Å²) in [7, 11) is 0. The first-order valence-electron chi connectivity index (χ1n) is 9.20. The van der Waals surface area contributed by atoms with Gasteiger partial charge in [-0.25, -0.2) is 0 Å². The summed E-state index contributed by atoms with van der Waals surface area (Å²) >= 11 is 0. The molecule has 3 nitrogen and oxygen atoms in total. The second-order valence-corrected chi connectivity index (χ2v) is 6.39.